The lowest BCUT2D eigenvalue weighted by Gasteiger charge is -2.22. The number of sulfonamides is 1. The van der Waals surface area contributed by atoms with Gasteiger partial charge in [-0.3, -0.25) is 9.40 Å². The van der Waals surface area contributed by atoms with Crippen LogP contribution in [0.4, 0.5) is 11.4 Å². The Morgan fingerprint density at radius 1 is 1.09 bits per heavy atom. The standard InChI is InChI=1S/C26H34N4O4S/c1-8-30-20(6)22(19(5)27-30)11-12-29(7)24-10-9-21(15-23(24)26(31)32)28-35(33,34)25-17(3)13-16(2)14-18(25)4/h9-10,13-15,28H,8,11-12H2,1-7H3,(H,31,32). The molecule has 0 fully saturated rings. The van der Waals surface area contributed by atoms with Crippen molar-refractivity contribution in [3.05, 3.63) is 69.5 Å². The van der Waals surface area contributed by atoms with Gasteiger partial charge in [-0.25, -0.2) is 13.2 Å². The minimum absolute atomic E-state index is 0.0303. The first-order chi connectivity index (χ1) is 16.4. The van der Waals surface area contributed by atoms with Gasteiger partial charge in [-0.2, -0.15) is 5.10 Å². The van der Waals surface area contributed by atoms with E-state index in [1.165, 1.54) is 6.07 Å². The van der Waals surface area contributed by atoms with Crippen molar-refractivity contribution in [2.24, 2.45) is 0 Å². The highest BCUT2D eigenvalue weighted by Gasteiger charge is 2.22. The van der Waals surface area contributed by atoms with Crippen molar-refractivity contribution in [3.63, 3.8) is 0 Å². The minimum Gasteiger partial charge on any atom is -0.478 e. The van der Waals surface area contributed by atoms with Gasteiger partial charge in [0.2, 0.25) is 0 Å². The van der Waals surface area contributed by atoms with Crippen LogP contribution in [0.1, 0.15) is 50.9 Å². The van der Waals surface area contributed by atoms with E-state index in [1.807, 2.05) is 56.5 Å². The van der Waals surface area contributed by atoms with Crippen molar-refractivity contribution in [2.45, 2.75) is 59.4 Å². The van der Waals surface area contributed by atoms with E-state index in [9.17, 15) is 18.3 Å². The second-order valence-corrected chi connectivity index (χ2v) is 10.6. The lowest BCUT2D eigenvalue weighted by molar-refractivity contribution is 0.0697. The number of carbonyl (C=O) groups is 1. The molecule has 2 N–H and O–H groups in total. The highest BCUT2D eigenvalue weighted by atomic mass is 32.2. The number of carboxylic acid groups (broad SMARTS) is 1. The van der Waals surface area contributed by atoms with Crippen LogP contribution >= 0.6 is 0 Å². The molecule has 1 aromatic heterocycles. The quantitative estimate of drug-likeness (QED) is 0.446. The van der Waals surface area contributed by atoms with Crippen molar-refractivity contribution >= 4 is 27.4 Å². The SMILES string of the molecule is CCn1nc(C)c(CCN(C)c2ccc(NS(=O)(=O)c3c(C)cc(C)cc3C)cc2C(=O)O)c1C. The van der Waals surface area contributed by atoms with Crippen LogP contribution in [0.25, 0.3) is 0 Å². The fourth-order valence-electron chi connectivity index (χ4n) is 4.70. The molecule has 0 amide bonds. The van der Waals surface area contributed by atoms with E-state index < -0.39 is 16.0 Å². The Kier molecular flexibility index (Phi) is 7.59. The Labute approximate surface area is 207 Å². The maximum atomic E-state index is 13.1. The summed E-state index contributed by atoms with van der Waals surface area (Å²) < 4.78 is 30.8. The number of aromatic carboxylic acids is 1. The largest absolute Gasteiger partial charge is 0.478 e. The maximum absolute atomic E-state index is 13.1. The zero-order valence-corrected chi connectivity index (χ0v) is 22.2. The third kappa shape index (κ3) is 5.51. The van der Waals surface area contributed by atoms with E-state index in [2.05, 4.69) is 9.82 Å². The number of carboxylic acids is 1. The van der Waals surface area contributed by atoms with E-state index in [4.69, 9.17) is 0 Å². The first-order valence-electron chi connectivity index (χ1n) is 11.6. The molecule has 0 bridgehead atoms. The first-order valence-corrected chi connectivity index (χ1v) is 13.1. The second kappa shape index (κ2) is 10.1. The lowest BCUT2D eigenvalue weighted by Crippen LogP contribution is -2.23. The maximum Gasteiger partial charge on any atom is 0.337 e. The number of nitrogens with zero attached hydrogens (tertiary/aromatic N) is 3. The van der Waals surface area contributed by atoms with Gasteiger partial charge in [0, 0.05) is 31.5 Å². The summed E-state index contributed by atoms with van der Waals surface area (Å²) in [6, 6.07) is 8.24. The molecule has 2 aromatic carbocycles. The number of hydrogen-bond donors (Lipinski definition) is 2. The summed E-state index contributed by atoms with van der Waals surface area (Å²) in [4.78, 5) is 14.1. The molecule has 3 aromatic rings. The Balaban J connectivity index is 1.87. The van der Waals surface area contributed by atoms with Crippen LogP contribution in [0, 0.1) is 34.6 Å². The Hall–Kier alpha value is -3.33. The number of likely N-dealkylation sites (N-methyl/N-ethyl adjacent to an activating group) is 1. The fourth-order valence-corrected chi connectivity index (χ4v) is 6.21. The molecule has 8 nitrogen and oxygen atoms in total. The number of aromatic nitrogens is 2. The van der Waals surface area contributed by atoms with E-state index >= 15 is 0 Å². The molecule has 0 aliphatic carbocycles. The summed E-state index contributed by atoms with van der Waals surface area (Å²) in [6.45, 7) is 12.9. The van der Waals surface area contributed by atoms with Gasteiger partial charge in [0.1, 0.15) is 0 Å². The van der Waals surface area contributed by atoms with Gasteiger partial charge in [-0.05, 0) is 82.9 Å². The molecule has 0 saturated heterocycles. The Morgan fingerprint density at radius 2 is 1.71 bits per heavy atom. The number of hydrogen-bond acceptors (Lipinski definition) is 5. The molecule has 0 radical (unpaired) electrons. The molecule has 9 heteroatoms. The third-order valence-corrected chi connectivity index (χ3v) is 7.98. The average Bonchev–Trinajstić information content (AvgIpc) is 3.03. The number of benzene rings is 2. The number of anilines is 2. The van der Waals surface area contributed by atoms with Gasteiger partial charge in [-0.1, -0.05) is 17.7 Å². The van der Waals surface area contributed by atoms with Gasteiger partial charge < -0.3 is 10.0 Å². The molecule has 0 spiro atoms. The monoisotopic (exact) mass is 498 g/mol. The molecular weight excluding hydrogens is 464 g/mol. The topological polar surface area (TPSA) is 105 Å². The highest BCUT2D eigenvalue weighted by Crippen LogP contribution is 2.28. The summed E-state index contributed by atoms with van der Waals surface area (Å²) in [5.74, 6) is -1.12. The summed E-state index contributed by atoms with van der Waals surface area (Å²) >= 11 is 0. The fraction of sp³-hybridized carbons (Fsp3) is 0.385. The molecule has 0 aliphatic heterocycles. The smallest absolute Gasteiger partial charge is 0.337 e. The van der Waals surface area contributed by atoms with E-state index in [-0.39, 0.29) is 16.1 Å². The molecule has 35 heavy (non-hydrogen) atoms. The molecule has 0 aliphatic rings. The van der Waals surface area contributed by atoms with Crippen LogP contribution in [0.3, 0.4) is 0 Å². The predicted octanol–water partition coefficient (Wildman–Crippen LogP) is 4.62. The van der Waals surface area contributed by atoms with Crippen molar-refractivity contribution in [2.75, 3.05) is 23.2 Å². The highest BCUT2D eigenvalue weighted by molar-refractivity contribution is 7.92. The summed E-state index contributed by atoms with van der Waals surface area (Å²) in [5, 5.41) is 14.4. The molecular formula is C26H34N4O4S. The molecule has 3 rings (SSSR count). The number of rotatable bonds is 9. The lowest BCUT2D eigenvalue weighted by atomic mass is 10.1. The van der Waals surface area contributed by atoms with Crippen molar-refractivity contribution in [1.29, 1.82) is 0 Å². The zero-order valence-electron chi connectivity index (χ0n) is 21.4. The number of aryl methyl sites for hydroxylation is 5. The van der Waals surface area contributed by atoms with Crippen molar-refractivity contribution in [3.8, 4) is 0 Å². The predicted molar refractivity (Wildman–Crippen MR) is 139 cm³/mol. The minimum atomic E-state index is -3.89. The molecule has 0 unspecified atom stereocenters. The van der Waals surface area contributed by atoms with Crippen molar-refractivity contribution < 1.29 is 18.3 Å². The van der Waals surface area contributed by atoms with E-state index in [1.54, 1.807) is 26.0 Å². The van der Waals surface area contributed by atoms with Crippen LogP contribution in [0.15, 0.2) is 35.2 Å². The first kappa shape index (κ1) is 26.3. The molecule has 188 valence electrons. The van der Waals surface area contributed by atoms with Crippen LogP contribution in [-0.4, -0.2) is 42.9 Å². The summed E-state index contributed by atoms with van der Waals surface area (Å²) in [5.41, 5.74) is 6.25. The van der Waals surface area contributed by atoms with Crippen molar-refractivity contribution in [1.82, 2.24) is 9.78 Å². The van der Waals surface area contributed by atoms with E-state index in [0.29, 0.717) is 29.8 Å². The van der Waals surface area contributed by atoms with Gasteiger partial charge in [-0.15, -0.1) is 0 Å². The third-order valence-electron chi connectivity index (χ3n) is 6.29. The molecule has 0 saturated carbocycles. The Bertz CT molecular complexity index is 1350. The zero-order chi connectivity index (χ0) is 26.1. The number of nitrogens with one attached hydrogen (secondary N) is 1. The van der Waals surface area contributed by atoms with Gasteiger partial charge in [0.05, 0.1) is 21.8 Å². The van der Waals surface area contributed by atoms with Gasteiger partial charge in [0.15, 0.2) is 0 Å². The Morgan fingerprint density at radius 3 is 2.26 bits per heavy atom. The average molecular weight is 499 g/mol. The van der Waals surface area contributed by atoms with E-state index in [0.717, 1.165) is 29.1 Å². The summed E-state index contributed by atoms with van der Waals surface area (Å²) in [6.07, 6.45) is 0.716. The van der Waals surface area contributed by atoms with Gasteiger partial charge in [0.25, 0.3) is 10.0 Å². The summed E-state index contributed by atoms with van der Waals surface area (Å²) in [7, 11) is -2.06. The van der Waals surface area contributed by atoms with Crippen LogP contribution in [-0.2, 0) is 23.0 Å². The molecule has 1 heterocycles. The second-order valence-electron chi connectivity index (χ2n) is 9.01. The normalized spacial score (nSPS) is 11.5. The van der Waals surface area contributed by atoms with Crippen LogP contribution in [0.2, 0.25) is 0 Å². The van der Waals surface area contributed by atoms with Gasteiger partial charge >= 0.3 is 5.97 Å². The van der Waals surface area contributed by atoms with Crippen LogP contribution in [0.5, 0.6) is 0 Å². The van der Waals surface area contributed by atoms with Crippen LogP contribution < -0.4 is 9.62 Å². The molecule has 0 atom stereocenters.